The summed E-state index contributed by atoms with van der Waals surface area (Å²) >= 11 is 0. The van der Waals surface area contributed by atoms with Crippen LogP contribution in [-0.4, -0.2) is 30.3 Å². The summed E-state index contributed by atoms with van der Waals surface area (Å²) in [4.78, 5) is 0. The van der Waals surface area contributed by atoms with Crippen LogP contribution in [0.15, 0.2) is 18.3 Å². The highest BCUT2D eigenvalue weighted by Crippen LogP contribution is 2.20. The van der Waals surface area contributed by atoms with Gasteiger partial charge in [-0.25, -0.2) is 0 Å². The summed E-state index contributed by atoms with van der Waals surface area (Å²) in [6, 6.07) is 2.09. The molecule has 0 saturated heterocycles. The SMILES string of the molecule is C=[N+]1[CH-]C=Cc2c[cH-][n+]([Si][Si])c21. The van der Waals surface area contributed by atoms with Crippen LogP contribution < -0.4 is 4.23 Å². The van der Waals surface area contributed by atoms with Gasteiger partial charge in [0.2, 0.25) is 0 Å². The molecule has 0 spiro atoms. The van der Waals surface area contributed by atoms with Crippen LogP contribution in [0.1, 0.15) is 5.56 Å². The van der Waals surface area contributed by atoms with Gasteiger partial charge in [0.25, 0.3) is 5.82 Å². The van der Waals surface area contributed by atoms with Crippen LogP contribution in [0.2, 0.25) is 0 Å². The van der Waals surface area contributed by atoms with E-state index in [0.29, 0.717) is 9.20 Å². The Morgan fingerprint density at radius 1 is 1.58 bits per heavy atom. The molecule has 0 fully saturated rings. The van der Waals surface area contributed by atoms with Crippen molar-refractivity contribution in [3.05, 3.63) is 30.4 Å². The Morgan fingerprint density at radius 2 is 2.42 bits per heavy atom. The van der Waals surface area contributed by atoms with E-state index >= 15 is 0 Å². The maximum atomic E-state index is 3.91. The molecular formula is C8H7N2Si2. The van der Waals surface area contributed by atoms with Crippen LogP contribution in [0.4, 0.5) is 5.82 Å². The summed E-state index contributed by atoms with van der Waals surface area (Å²) in [6.45, 7) is 5.86. The van der Waals surface area contributed by atoms with E-state index in [4.69, 9.17) is 0 Å². The number of fused-ring (bicyclic) bond motifs is 1. The Morgan fingerprint density at radius 3 is 3.17 bits per heavy atom. The summed E-state index contributed by atoms with van der Waals surface area (Å²) in [6.07, 6.45) is 6.13. The minimum Gasteiger partial charge on any atom is -0.338 e. The quantitative estimate of drug-likeness (QED) is 0.326. The minimum atomic E-state index is 0.566. The molecule has 2 heterocycles. The first-order valence-corrected chi connectivity index (χ1v) is 6.03. The molecular weight excluding hydrogens is 180 g/mol. The molecule has 2 nitrogen and oxygen atoms in total. The molecule has 2 rings (SSSR count). The largest absolute Gasteiger partial charge is 0.423 e. The molecule has 0 bridgehead atoms. The highest BCUT2D eigenvalue weighted by atomic mass is 29.1. The molecule has 1 aromatic rings. The summed E-state index contributed by atoms with van der Waals surface area (Å²) in [7, 11) is 4.06. The van der Waals surface area contributed by atoms with E-state index in [-0.39, 0.29) is 0 Å². The zero-order valence-corrected chi connectivity index (χ0v) is 8.49. The number of nitrogens with zero attached hydrogens (tertiary/aromatic N) is 2. The van der Waals surface area contributed by atoms with Crippen LogP contribution in [0, 0.1) is 6.54 Å². The van der Waals surface area contributed by atoms with E-state index in [1.54, 1.807) is 0 Å². The number of aromatic nitrogens is 1. The minimum absolute atomic E-state index is 0.566. The van der Waals surface area contributed by atoms with E-state index in [9.17, 15) is 0 Å². The molecule has 0 amide bonds. The first-order chi connectivity index (χ1) is 5.83. The zero-order chi connectivity index (χ0) is 8.55. The fourth-order valence-corrected chi connectivity index (χ4v) is 2.34. The maximum Gasteiger partial charge on any atom is 0.423 e. The van der Waals surface area contributed by atoms with Crippen molar-refractivity contribution >= 4 is 37.6 Å². The molecule has 0 N–H and O–H groups in total. The fourth-order valence-electron chi connectivity index (χ4n) is 1.28. The molecule has 12 heavy (non-hydrogen) atoms. The molecule has 1 aromatic heterocycles. The molecule has 0 aromatic carbocycles. The van der Waals surface area contributed by atoms with Crippen LogP contribution in [0.3, 0.4) is 0 Å². The Kier molecular flexibility index (Phi) is 1.78. The molecule has 0 saturated carbocycles. The lowest BCUT2D eigenvalue weighted by Gasteiger charge is -2.11. The van der Waals surface area contributed by atoms with Crippen LogP contribution in [0.25, 0.3) is 6.08 Å². The lowest BCUT2D eigenvalue weighted by molar-refractivity contribution is -0.602. The third-order valence-corrected chi connectivity index (χ3v) is 3.15. The summed E-state index contributed by atoms with van der Waals surface area (Å²) in [5.74, 6) is 1.14. The normalized spacial score (nSPS) is 14.2. The average molecular weight is 187 g/mol. The molecule has 0 unspecified atom stereocenters. The van der Waals surface area contributed by atoms with Gasteiger partial charge in [-0.1, -0.05) is 11.6 Å². The van der Waals surface area contributed by atoms with E-state index < -0.39 is 0 Å². The predicted molar refractivity (Wildman–Crippen MR) is 49.5 cm³/mol. The standard InChI is InChI=1S/C8H7N2Si2/c1-9-5-2-3-7-4-6-10(12-11)8(7)9/h2-6H,1H2. The van der Waals surface area contributed by atoms with Gasteiger partial charge in [0, 0.05) is 6.20 Å². The summed E-state index contributed by atoms with van der Waals surface area (Å²) in [5.41, 5.74) is 1.22. The van der Waals surface area contributed by atoms with Gasteiger partial charge in [0.05, 0.1) is 13.3 Å². The topological polar surface area (TPSA) is 6.89 Å². The van der Waals surface area contributed by atoms with Crippen molar-refractivity contribution < 1.29 is 8.81 Å². The van der Waals surface area contributed by atoms with Crippen molar-refractivity contribution in [3.8, 4) is 0 Å². The lowest BCUT2D eigenvalue weighted by Crippen LogP contribution is -2.41. The Hall–Kier alpha value is -1.01. The number of rotatable bonds is 1. The first kappa shape index (κ1) is 7.63. The van der Waals surface area contributed by atoms with Gasteiger partial charge in [-0.05, 0) is 0 Å². The number of hydrogen-bond donors (Lipinski definition) is 0. The Bertz CT molecular complexity index is 352. The molecule has 1 aliphatic heterocycles. The Labute approximate surface area is 77.3 Å². The fraction of sp³-hybridized carbons (Fsp3) is 0. The first-order valence-electron chi connectivity index (χ1n) is 3.58. The predicted octanol–water partition coefficient (Wildman–Crippen LogP) is -0.223. The van der Waals surface area contributed by atoms with Gasteiger partial charge < -0.3 is 4.23 Å². The van der Waals surface area contributed by atoms with Crippen LogP contribution in [-0.2, 0) is 0 Å². The highest BCUT2D eigenvalue weighted by Gasteiger charge is 2.14. The monoisotopic (exact) mass is 187 g/mol. The van der Waals surface area contributed by atoms with Gasteiger partial charge >= 0.3 is 9.20 Å². The van der Waals surface area contributed by atoms with E-state index in [1.807, 2.05) is 17.2 Å². The third kappa shape index (κ3) is 0.998. The van der Waals surface area contributed by atoms with Gasteiger partial charge in [0.1, 0.15) is 9.76 Å². The van der Waals surface area contributed by atoms with Crippen molar-refractivity contribution in [1.82, 2.24) is 0 Å². The third-order valence-electron chi connectivity index (χ3n) is 1.82. The van der Waals surface area contributed by atoms with E-state index in [1.165, 1.54) is 5.56 Å². The van der Waals surface area contributed by atoms with Crippen molar-refractivity contribution in [1.29, 1.82) is 0 Å². The summed E-state index contributed by atoms with van der Waals surface area (Å²) in [5, 5.41) is 0. The van der Waals surface area contributed by atoms with Crippen molar-refractivity contribution in [2.45, 2.75) is 0 Å². The summed E-state index contributed by atoms with van der Waals surface area (Å²) < 4.78 is 4.00. The van der Waals surface area contributed by atoms with Gasteiger partial charge in [-0.3, -0.25) is 4.58 Å². The molecule has 1 aliphatic rings. The zero-order valence-electron chi connectivity index (χ0n) is 6.49. The van der Waals surface area contributed by atoms with Crippen molar-refractivity contribution in [3.63, 3.8) is 0 Å². The highest BCUT2D eigenvalue weighted by molar-refractivity contribution is 6.84. The molecule has 5 radical (unpaired) electrons. The maximum absolute atomic E-state index is 3.91. The van der Waals surface area contributed by atoms with Gasteiger partial charge in [-0.2, -0.15) is 6.08 Å². The van der Waals surface area contributed by atoms with Crippen molar-refractivity contribution in [2.75, 3.05) is 0 Å². The molecule has 0 atom stereocenters. The average Bonchev–Trinajstić information content (AvgIpc) is 2.49. The molecule has 57 valence electrons. The van der Waals surface area contributed by atoms with Crippen LogP contribution in [0.5, 0.6) is 0 Å². The number of hydrogen-bond acceptors (Lipinski definition) is 0. The molecule has 0 aliphatic carbocycles. The smallest absolute Gasteiger partial charge is 0.338 e. The van der Waals surface area contributed by atoms with Gasteiger partial charge in [-0.15, -0.1) is 6.07 Å². The Balaban J connectivity index is 2.59. The molecule has 4 heteroatoms. The second kappa shape index (κ2) is 2.80. The van der Waals surface area contributed by atoms with Crippen molar-refractivity contribution in [2.24, 2.45) is 0 Å². The van der Waals surface area contributed by atoms with E-state index in [0.717, 1.165) is 5.82 Å². The van der Waals surface area contributed by atoms with Gasteiger partial charge in [0.15, 0.2) is 0 Å². The van der Waals surface area contributed by atoms with Crippen LogP contribution >= 0.6 is 0 Å². The van der Waals surface area contributed by atoms with E-state index in [2.05, 4.69) is 39.0 Å². The lowest BCUT2D eigenvalue weighted by atomic mass is 10.2. The second-order valence-corrected chi connectivity index (χ2v) is 3.93. The second-order valence-electron chi connectivity index (χ2n) is 2.55.